The Labute approximate surface area is 160 Å². The lowest BCUT2D eigenvalue weighted by Gasteiger charge is -2.38. The molecule has 1 atom stereocenters. The van der Waals surface area contributed by atoms with E-state index in [4.69, 9.17) is 4.74 Å². The third kappa shape index (κ3) is 4.68. The van der Waals surface area contributed by atoms with Crippen LogP contribution in [0.5, 0.6) is 0 Å². The zero-order valence-electron chi connectivity index (χ0n) is 15.5. The zero-order valence-corrected chi connectivity index (χ0v) is 16.4. The summed E-state index contributed by atoms with van der Waals surface area (Å²) in [7, 11) is 0. The first-order valence-corrected chi connectivity index (χ1v) is 10.1. The molecule has 0 saturated carbocycles. The highest BCUT2D eigenvalue weighted by atomic mass is 32.2. The Kier molecular flexibility index (Phi) is 6.38. The molecule has 0 bridgehead atoms. The molecule has 0 aliphatic carbocycles. The molecular weight excluding hydrogens is 342 g/mol. The van der Waals surface area contributed by atoms with Crippen LogP contribution in [0, 0.1) is 6.92 Å². The van der Waals surface area contributed by atoms with Gasteiger partial charge in [0.2, 0.25) is 5.91 Å². The molecule has 0 radical (unpaired) electrons. The molecule has 3 nitrogen and oxygen atoms in total. The summed E-state index contributed by atoms with van der Waals surface area (Å²) in [4.78, 5) is 13.8. The molecule has 1 heterocycles. The predicted octanol–water partition coefficient (Wildman–Crippen LogP) is 4.34. The second-order valence-corrected chi connectivity index (χ2v) is 8.46. The molecule has 1 amide bonds. The first kappa shape index (κ1) is 19.0. The van der Waals surface area contributed by atoms with Crippen molar-refractivity contribution in [2.75, 3.05) is 19.8 Å². The van der Waals surface area contributed by atoms with Crippen LogP contribution >= 0.6 is 11.8 Å². The van der Waals surface area contributed by atoms with Crippen molar-refractivity contribution in [1.82, 2.24) is 5.32 Å². The van der Waals surface area contributed by atoms with E-state index < -0.39 is 0 Å². The van der Waals surface area contributed by atoms with Gasteiger partial charge in [-0.1, -0.05) is 48.0 Å². The van der Waals surface area contributed by atoms with Crippen LogP contribution < -0.4 is 5.32 Å². The molecule has 1 N–H and O–H groups in total. The van der Waals surface area contributed by atoms with Crippen molar-refractivity contribution in [3.8, 4) is 0 Å². The van der Waals surface area contributed by atoms with Crippen LogP contribution in [0.25, 0.3) is 0 Å². The Morgan fingerprint density at radius 1 is 1.12 bits per heavy atom. The molecule has 1 fully saturated rings. The van der Waals surface area contributed by atoms with Crippen LogP contribution in [0.1, 0.15) is 30.9 Å². The first-order chi connectivity index (χ1) is 12.6. The number of amides is 1. The molecule has 1 unspecified atom stereocenters. The number of aryl methyl sites for hydroxylation is 1. The fraction of sp³-hybridized carbons (Fsp3) is 0.409. The molecule has 1 aliphatic rings. The number of carbonyl (C=O) groups excluding carboxylic acids is 1. The van der Waals surface area contributed by atoms with Crippen LogP contribution in [0.4, 0.5) is 0 Å². The van der Waals surface area contributed by atoms with Gasteiger partial charge in [0.25, 0.3) is 0 Å². The Morgan fingerprint density at radius 3 is 2.42 bits per heavy atom. The Balaban J connectivity index is 1.63. The van der Waals surface area contributed by atoms with E-state index in [1.807, 2.05) is 13.0 Å². The van der Waals surface area contributed by atoms with Gasteiger partial charge in [0.1, 0.15) is 0 Å². The molecule has 26 heavy (non-hydrogen) atoms. The third-order valence-electron chi connectivity index (χ3n) is 5.14. The summed E-state index contributed by atoms with van der Waals surface area (Å²) < 4.78 is 5.57. The van der Waals surface area contributed by atoms with Crippen LogP contribution in [0.2, 0.25) is 0 Å². The highest BCUT2D eigenvalue weighted by Gasteiger charge is 2.35. The average molecular weight is 370 g/mol. The number of benzene rings is 2. The minimum Gasteiger partial charge on any atom is -0.381 e. The van der Waals surface area contributed by atoms with Gasteiger partial charge in [-0.05, 0) is 44.4 Å². The Bertz CT molecular complexity index is 709. The number of hydrogen-bond donors (Lipinski definition) is 1. The van der Waals surface area contributed by atoms with Gasteiger partial charge in [-0.15, -0.1) is 11.8 Å². The van der Waals surface area contributed by atoms with Gasteiger partial charge in [0, 0.05) is 30.1 Å². The summed E-state index contributed by atoms with van der Waals surface area (Å²) in [5, 5.41) is 3.09. The van der Waals surface area contributed by atoms with Gasteiger partial charge in [-0.25, -0.2) is 0 Å². The average Bonchev–Trinajstić information content (AvgIpc) is 2.69. The normalized spacial score (nSPS) is 17.5. The highest BCUT2D eigenvalue weighted by Crippen LogP contribution is 2.34. The van der Waals surface area contributed by atoms with Gasteiger partial charge < -0.3 is 10.1 Å². The number of carbonyl (C=O) groups is 1. The van der Waals surface area contributed by atoms with Crippen molar-refractivity contribution >= 4 is 17.7 Å². The first-order valence-electron chi connectivity index (χ1n) is 9.23. The molecule has 0 aromatic heterocycles. The van der Waals surface area contributed by atoms with E-state index in [1.165, 1.54) is 11.1 Å². The topological polar surface area (TPSA) is 38.3 Å². The summed E-state index contributed by atoms with van der Waals surface area (Å²) in [6, 6.07) is 18.8. The van der Waals surface area contributed by atoms with Crippen molar-refractivity contribution < 1.29 is 9.53 Å². The van der Waals surface area contributed by atoms with Crippen LogP contribution in [-0.2, 0) is 14.9 Å². The highest BCUT2D eigenvalue weighted by molar-refractivity contribution is 8.00. The number of thioether (sulfide) groups is 1. The maximum Gasteiger partial charge on any atom is 0.233 e. The minimum absolute atomic E-state index is 0.0244. The van der Waals surface area contributed by atoms with E-state index in [-0.39, 0.29) is 16.6 Å². The predicted molar refractivity (Wildman–Crippen MR) is 108 cm³/mol. The molecular formula is C22H27NO2S. The Hall–Kier alpha value is -1.78. The van der Waals surface area contributed by atoms with Crippen molar-refractivity contribution in [3.05, 3.63) is 65.7 Å². The number of ether oxygens (including phenoxy) is 1. The van der Waals surface area contributed by atoms with Crippen LogP contribution in [0.15, 0.2) is 59.5 Å². The third-order valence-corrected chi connectivity index (χ3v) is 6.25. The van der Waals surface area contributed by atoms with Crippen molar-refractivity contribution in [1.29, 1.82) is 0 Å². The van der Waals surface area contributed by atoms with Crippen LogP contribution in [-0.4, -0.2) is 30.9 Å². The van der Waals surface area contributed by atoms with Crippen molar-refractivity contribution in [2.24, 2.45) is 0 Å². The Morgan fingerprint density at radius 2 is 1.77 bits per heavy atom. The van der Waals surface area contributed by atoms with E-state index >= 15 is 0 Å². The van der Waals surface area contributed by atoms with Gasteiger partial charge in [-0.2, -0.15) is 0 Å². The van der Waals surface area contributed by atoms with E-state index in [9.17, 15) is 4.79 Å². The number of rotatable bonds is 6. The second kappa shape index (κ2) is 8.74. The maximum absolute atomic E-state index is 12.7. The quantitative estimate of drug-likeness (QED) is 0.770. The molecule has 138 valence electrons. The van der Waals surface area contributed by atoms with Gasteiger partial charge in [-0.3, -0.25) is 4.79 Å². The molecule has 3 rings (SSSR count). The zero-order chi connectivity index (χ0) is 18.4. The summed E-state index contributed by atoms with van der Waals surface area (Å²) in [5.41, 5.74) is 2.50. The lowest BCUT2D eigenvalue weighted by molar-refractivity contribution is -0.120. The van der Waals surface area contributed by atoms with Gasteiger partial charge in [0.05, 0.1) is 5.25 Å². The van der Waals surface area contributed by atoms with Crippen LogP contribution in [0.3, 0.4) is 0 Å². The lowest BCUT2D eigenvalue weighted by Crippen LogP contribution is -2.46. The monoisotopic (exact) mass is 369 g/mol. The lowest BCUT2D eigenvalue weighted by atomic mass is 9.74. The maximum atomic E-state index is 12.7. The van der Waals surface area contributed by atoms with E-state index in [1.54, 1.807) is 11.8 Å². The molecule has 2 aromatic carbocycles. The molecule has 4 heteroatoms. The summed E-state index contributed by atoms with van der Waals surface area (Å²) in [6.45, 7) is 6.20. The largest absolute Gasteiger partial charge is 0.381 e. The fourth-order valence-corrected chi connectivity index (χ4v) is 4.29. The fourth-order valence-electron chi connectivity index (χ4n) is 3.40. The molecule has 1 aliphatic heterocycles. The molecule has 1 saturated heterocycles. The molecule has 2 aromatic rings. The number of hydrogen-bond acceptors (Lipinski definition) is 3. The minimum atomic E-state index is -0.120. The van der Waals surface area contributed by atoms with E-state index in [2.05, 4.69) is 60.8 Å². The van der Waals surface area contributed by atoms with E-state index in [0.717, 1.165) is 31.0 Å². The standard InChI is InChI=1S/C22H27NO2S/c1-17-8-10-20(11-9-17)26-18(2)21(24)23-16-22(12-14-25-15-13-22)19-6-4-3-5-7-19/h3-11,18H,12-16H2,1-2H3,(H,23,24). The van der Waals surface area contributed by atoms with E-state index in [0.29, 0.717) is 6.54 Å². The second-order valence-electron chi connectivity index (χ2n) is 7.05. The summed E-state index contributed by atoms with van der Waals surface area (Å²) in [6.07, 6.45) is 1.88. The summed E-state index contributed by atoms with van der Waals surface area (Å²) >= 11 is 1.60. The van der Waals surface area contributed by atoms with Gasteiger partial charge in [0.15, 0.2) is 0 Å². The SMILES string of the molecule is Cc1ccc(SC(C)C(=O)NCC2(c3ccccc3)CCOCC2)cc1. The van der Waals surface area contributed by atoms with Gasteiger partial charge >= 0.3 is 0 Å². The smallest absolute Gasteiger partial charge is 0.233 e. The van der Waals surface area contributed by atoms with Crippen molar-refractivity contribution in [3.63, 3.8) is 0 Å². The van der Waals surface area contributed by atoms with Crippen molar-refractivity contribution in [2.45, 2.75) is 42.2 Å². The molecule has 0 spiro atoms. The summed E-state index contributed by atoms with van der Waals surface area (Å²) in [5.74, 6) is 0.0948. The number of nitrogens with one attached hydrogen (secondary N) is 1.